The van der Waals surface area contributed by atoms with Gasteiger partial charge in [0.05, 0.1) is 0 Å². The topological polar surface area (TPSA) is 12.0 Å². The lowest BCUT2D eigenvalue weighted by Crippen LogP contribution is -2.41. The van der Waals surface area contributed by atoms with E-state index in [-0.39, 0.29) is 0 Å². The Bertz CT molecular complexity index is 395. The average Bonchev–Trinajstić information content (AvgIpc) is 2.53. The van der Waals surface area contributed by atoms with Crippen LogP contribution in [0.25, 0.3) is 0 Å². The molecule has 1 fully saturated rings. The van der Waals surface area contributed by atoms with Crippen molar-refractivity contribution in [3.05, 3.63) is 35.4 Å². The van der Waals surface area contributed by atoms with Crippen LogP contribution in [0.15, 0.2) is 24.3 Å². The van der Waals surface area contributed by atoms with E-state index in [0.717, 1.165) is 18.4 Å². The van der Waals surface area contributed by atoms with Crippen LogP contribution in [0.2, 0.25) is 0 Å². The first kappa shape index (κ1) is 16.5. The predicted octanol–water partition coefficient (Wildman–Crippen LogP) is 5.12. The van der Waals surface area contributed by atoms with Crippen molar-refractivity contribution in [1.82, 2.24) is 5.32 Å². The van der Waals surface area contributed by atoms with Gasteiger partial charge in [-0.1, -0.05) is 69.4 Å². The van der Waals surface area contributed by atoms with Crippen LogP contribution in [-0.4, -0.2) is 12.6 Å². The maximum atomic E-state index is 3.80. The van der Waals surface area contributed by atoms with Gasteiger partial charge in [-0.2, -0.15) is 0 Å². The van der Waals surface area contributed by atoms with Gasteiger partial charge in [-0.05, 0) is 50.1 Å². The zero-order valence-corrected chi connectivity index (χ0v) is 14.2. The second kappa shape index (κ2) is 8.58. The van der Waals surface area contributed by atoms with Crippen molar-refractivity contribution in [2.75, 3.05) is 6.54 Å². The Hall–Kier alpha value is -0.820. The SMILES string of the molecule is CCNC(CCc1ccc(C)cc1)C1CCCCC1CC. The van der Waals surface area contributed by atoms with Crippen molar-refractivity contribution in [2.24, 2.45) is 11.8 Å². The molecule has 3 atom stereocenters. The first-order valence-electron chi connectivity index (χ1n) is 9.03. The highest BCUT2D eigenvalue weighted by atomic mass is 14.9. The molecule has 118 valence electrons. The molecule has 0 saturated heterocycles. The molecule has 1 N–H and O–H groups in total. The van der Waals surface area contributed by atoms with Crippen molar-refractivity contribution in [1.29, 1.82) is 0 Å². The van der Waals surface area contributed by atoms with E-state index >= 15 is 0 Å². The summed E-state index contributed by atoms with van der Waals surface area (Å²) in [7, 11) is 0. The molecule has 0 heterocycles. The summed E-state index contributed by atoms with van der Waals surface area (Å²) in [4.78, 5) is 0. The summed E-state index contributed by atoms with van der Waals surface area (Å²) in [5, 5.41) is 3.80. The predicted molar refractivity (Wildman–Crippen MR) is 92.7 cm³/mol. The number of hydrogen-bond donors (Lipinski definition) is 1. The largest absolute Gasteiger partial charge is 0.314 e. The maximum absolute atomic E-state index is 3.80. The first-order chi connectivity index (χ1) is 10.2. The van der Waals surface area contributed by atoms with E-state index < -0.39 is 0 Å². The van der Waals surface area contributed by atoms with Gasteiger partial charge < -0.3 is 5.32 Å². The van der Waals surface area contributed by atoms with Crippen molar-refractivity contribution in [3.8, 4) is 0 Å². The molecule has 0 amide bonds. The summed E-state index contributed by atoms with van der Waals surface area (Å²) in [6, 6.07) is 9.80. The summed E-state index contributed by atoms with van der Waals surface area (Å²) >= 11 is 0. The molecule has 1 heteroatoms. The van der Waals surface area contributed by atoms with Crippen LogP contribution in [0, 0.1) is 18.8 Å². The van der Waals surface area contributed by atoms with Crippen LogP contribution in [0.5, 0.6) is 0 Å². The summed E-state index contributed by atoms with van der Waals surface area (Å²) in [5.41, 5.74) is 2.85. The Morgan fingerprint density at radius 2 is 1.81 bits per heavy atom. The lowest BCUT2D eigenvalue weighted by molar-refractivity contribution is 0.170. The lowest BCUT2D eigenvalue weighted by Gasteiger charge is -2.37. The molecule has 2 rings (SSSR count). The molecule has 1 aliphatic rings. The van der Waals surface area contributed by atoms with Crippen molar-refractivity contribution >= 4 is 0 Å². The van der Waals surface area contributed by atoms with Crippen LogP contribution in [0.4, 0.5) is 0 Å². The third-order valence-electron chi connectivity index (χ3n) is 5.34. The Morgan fingerprint density at radius 3 is 2.48 bits per heavy atom. The molecule has 1 aromatic carbocycles. The van der Waals surface area contributed by atoms with E-state index in [1.165, 1.54) is 56.1 Å². The average molecular weight is 287 g/mol. The van der Waals surface area contributed by atoms with Gasteiger partial charge in [0.25, 0.3) is 0 Å². The maximum Gasteiger partial charge on any atom is 0.0101 e. The minimum absolute atomic E-state index is 0.710. The van der Waals surface area contributed by atoms with Gasteiger partial charge in [0, 0.05) is 6.04 Å². The van der Waals surface area contributed by atoms with E-state index in [1.807, 2.05) is 0 Å². The molecule has 0 aromatic heterocycles. The van der Waals surface area contributed by atoms with E-state index in [0.29, 0.717) is 6.04 Å². The fraction of sp³-hybridized carbons (Fsp3) is 0.700. The monoisotopic (exact) mass is 287 g/mol. The quantitative estimate of drug-likeness (QED) is 0.733. The number of nitrogens with one attached hydrogen (secondary N) is 1. The van der Waals surface area contributed by atoms with Gasteiger partial charge in [-0.15, -0.1) is 0 Å². The summed E-state index contributed by atoms with van der Waals surface area (Å²) in [6.07, 6.45) is 9.64. The molecule has 1 aliphatic carbocycles. The van der Waals surface area contributed by atoms with Crippen LogP contribution in [0.3, 0.4) is 0 Å². The van der Waals surface area contributed by atoms with Crippen molar-refractivity contribution in [3.63, 3.8) is 0 Å². The third-order valence-corrected chi connectivity index (χ3v) is 5.34. The molecule has 21 heavy (non-hydrogen) atoms. The Kier molecular flexibility index (Phi) is 6.76. The van der Waals surface area contributed by atoms with Gasteiger partial charge in [0.1, 0.15) is 0 Å². The normalized spacial score (nSPS) is 24.0. The first-order valence-corrected chi connectivity index (χ1v) is 9.03. The third kappa shape index (κ3) is 4.85. The molecule has 0 bridgehead atoms. The molecular weight excluding hydrogens is 254 g/mol. The summed E-state index contributed by atoms with van der Waals surface area (Å²) < 4.78 is 0. The summed E-state index contributed by atoms with van der Waals surface area (Å²) in [6.45, 7) is 7.90. The molecule has 1 aromatic rings. The fourth-order valence-electron chi connectivity index (χ4n) is 4.08. The molecular formula is C20H33N. The Morgan fingerprint density at radius 1 is 1.10 bits per heavy atom. The number of rotatable bonds is 7. The van der Waals surface area contributed by atoms with Gasteiger partial charge in [0.15, 0.2) is 0 Å². The van der Waals surface area contributed by atoms with Crippen molar-refractivity contribution in [2.45, 2.75) is 71.8 Å². The van der Waals surface area contributed by atoms with Crippen LogP contribution in [-0.2, 0) is 6.42 Å². The highest BCUT2D eigenvalue weighted by Crippen LogP contribution is 2.35. The van der Waals surface area contributed by atoms with Gasteiger partial charge in [-0.25, -0.2) is 0 Å². The molecule has 0 aliphatic heterocycles. The fourth-order valence-corrected chi connectivity index (χ4v) is 4.08. The minimum atomic E-state index is 0.710. The van der Waals surface area contributed by atoms with Gasteiger partial charge in [-0.3, -0.25) is 0 Å². The van der Waals surface area contributed by atoms with Crippen LogP contribution >= 0.6 is 0 Å². The molecule has 1 nitrogen and oxygen atoms in total. The number of hydrogen-bond acceptors (Lipinski definition) is 1. The van der Waals surface area contributed by atoms with E-state index in [9.17, 15) is 0 Å². The van der Waals surface area contributed by atoms with Gasteiger partial charge in [0.2, 0.25) is 0 Å². The summed E-state index contributed by atoms with van der Waals surface area (Å²) in [5.74, 6) is 1.84. The van der Waals surface area contributed by atoms with Gasteiger partial charge >= 0.3 is 0 Å². The number of aryl methyl sites for hydroxylation is 2. The Labute approximate surface area is 131 Å². The Balaban J connectivity index is 1.95. The highest BCUT2D eigenvalue weighted by molar-refractivity contribution is 5.21. The van der Waals surface area contributed by atoms with Crippen LogP contribution in [0.1, 0.15) is 63.5 Å². The lowest BCUT2D eigenvalue weighted by atomic mass is 9.73. The number of benzene rings is 1. The zero-order chi connectivity index (χ0) is 15.1. The standard InChI is InChI=1S/C20H33N/c1-4-18-8-6-7-9-19(18)20(21-5-2)15-14-17-12-10-16(3)11-13-17/h10-13,18-21H,4-9,14-15H2,1-3H3. The van der Waals surface area contributed by atoms with E-state index in [4.69, 9.17) is 0 Å². The minimum Gasteiger partial charge on any atom is -0.314 e. The van der Waals surface area contributed by atoms with Crippen LogP contribution < -0.4 is 5.32 Å². The van der Waals surface area contributed by atoms with Crippen molar-refractivity contribution < 1.29 is 0 Å². The smallest absolute Gasteiger partial charge is 0.0101 e. The molecule has 0 radical (unpaired) electrons. The zero-order valence-electron chi connectivity index (χ0n) is 14.2. The van der Waals surface area contributed by atoms with E-state index in [2.05, 4.69) is 50.4 Å². The molecule has 3 unspecified atom stereocenters. The van der Waals surface area contributed by atoms with E-state index in [1.54, 1.807) is 0 Å². The second-order valence-electron chi connectivity index (χ2n) is 6.81. The second-order valence-corrected chi connectivity index (χ2v) is 6.81. The molecule has 1 saturated carbocycles. The highest BCUT2D eigenvalue weighted by Gasteiger charge is 2.29. The molecule has 0 spiro atoms.